The molecule has 1 unspecified atom stereocenters. The molecule has 0 bridgehead atoms. The van der Waals surface area contributed by atoms with Crippen LogP contribution in [0.3, 0.4) is 0 Å². The average molecular weight is 347 g/mol. The number of ketones is 1. The van der Waals surface area contributed by atoms with Gasteiger partial charge in [0.05, 0.1) is 11.5 Å². The summed E-state index contributed by atoms with van der Waals surface area (Å²) in [5, 5.41) is 0. The van der Waals surface area contributed by atoms with Gasteiger partial charge in [0.15, 0.2) is 5.78 Å². The standard InChI is InChI=1S/C19H25NO5/c1-13(21)15-9-5-6-10-16(15)24-17(22)14-8-7-11-20(12-14)18(23)25-19(2,3)4/h5-6,9-10,14H,7-8,11-12H2,1-4H3. The van der Waals surface area contributed by atoms with E-state index in [9.17, 15) is 14.4 Å². The van der Waals surface area contributed by atoms with Crippen LogP contribution in [0.5, 0.6) is 5.75 Å². The summed E-state index contributed by atoms with van der Waals surface area (Å²) >= 11 is 0. The van der Waals surface area contributed by atoms with Gasteiger partial charge in [-0.05, 0) is 52.7 Å². The molecule has 25 heavy (non-hydrogen) atoms. The van der Waals surface area contributed by atoms with Crippen LogP contribution in [-0.4, -0.2) is 41.4 Å². The van der Waals surface area contributed by atoms with Gasteiger partial charge in [-0.15, -0.1) is 0 Å². The van der Waals surface area contributed by atoms with Crippen LogP contribution in [0, 0.1) is 5.92 Å². The number of hydrogen-bond donors (Lipinski definition) is 0. The Morgan fingerprint density at radius 3 is 2.48 bits per heavy atom. The number of esters is 1. The number of ether oxygens (including phenoxy) is 2. The smallest absolute Gasteiger partial charge is 0.410 e. The molecule has 0 aromatic heterocycles. The number of carbonyl (C=O) groups is 3. The molecule has 0 spiro atoms. The van der Waals surface area contributed by atoms with E-state index in [1.807, 2.05) is 0 Å². The van der Waals surface area contributed by atoms with Crippen molar-refractivity contribution < 1.29 is 23.9 Å². The Balaban J connectivity index is 2.03. The molecule has 2 rings (SSSR count). The van der Waals surface area contributed by atoms with Crippen molar-refractivity contribution in [1.82, 2.24) is 4.90 Å². The minimum atomic E-state index is -0.578. The van der Waals surface area contributed by atoms with Crippen molar-refractivity contribution in [2.75, 3.05) is 13.1 Å². The van der Waals surface area contributed by atoms with E-state index in [1.54, 1.807) is 45.0 Å². The van der Waals surface area contributed by atoms with Crippen molar-refractivity contribution >= 4 is 17.8 Å². The van der Waals surface area contributed by atoms with Gasteiger partial charge in [-0.1, -0.05) is 12.1 Å². The minimum Gasteiger partial charge on any atom is -0.444 e. The Bertz CT molecular complexity index is 662. The quantitative estimate of drug-likeness (QED) is 0.476. The van der Waals surface area contributed by atoms with Gasteiger partial charge in [-0.2, -0.15) is 0 Å². The first-order chi connectivity index (χ1) is 11.7. The molecule has 0 N–H and O–H groups in total. The summed E-state index contributed by atoms with van der Waals surface area (Å²) < 4.78 is 10.8. The van der Waals surface area contributed by atoms with Crippen LogP contribution in [0.2, 0.25) is 0 Å². The van der Waals surface area contributed by atoms with Gasteiger partial charge < -0.3 is 14.4 Å². The summed E-state index contributed by atoms with van der Waals surface area (Å²) in [6.07, 6.45) is 0.919. The Hall–Kier alpha value is -2.37. The number of benzene rings is 1. The monoisotopic (exact) mass is 347 g/mol. The maximum atomic E-state index is 12.5. The third-order valence-corrected chi connectivity index (χ3v) is 3.88. The lowest BCUT2D eigenvalue weighted by Crippen LogP contribution is -2.45. The van der Waals surface area contributed by atoms with Crippen molar-refractivity contribution in [3.63, 3.8) is 0 Å². The van der Waals surface area contributed by atoms with Crippen molar-refractivity contribution in [2.24, 2.45) is 5.92 Å². The van der Waals surface area contributed by atoms with Crippen LogP contribution in [-0.2, 0) is 9.53 Å². The lowest BCUT2D eigenvalue weighted by molar-refractivity contribution is -0.140. The van der Waals surface area contributed by atoms with Crippen molar-refractivity contribution in [3.05, 3.63) is 29.8 Å². The summed E-state index contributed by atoms with van der Waals surface area (Å²) in [4.78, 5) is 37.9. The zero-order valence-electron chi connectivity index (χ0n) is 15.2. The molecule has 1 fully saturated rings. The number of amides is 1. The predicted octanol–water partition coefficient (Wildman–Crippen LogP) is 3.44. The molecule has 1 aromatic carbocycles. The predicted molar refractivity (Wildman–Crippen MR) is 92.6 cm³/mol. The molecular weight excluding hydrogens is 322 g/mol. The second-order valence-corrected chi connectivity index (χ2v) is 7.24. The number of nitrogens with zero attached hydrogens (tertiary/aromatic N) is 1. The third-order valence-electron chi connectivity index (χ3n) is 3.88. The van der Waals surface area contributed by atoms with E-state index in [1.165, 1.54) is 11.8 Å². The van der Waals surface area contributed by atoms with Crippen molar-refractivity contribution in [2.45, 2.75) is 46.1 Å². The number of Topliss-reactive ketones (excluding diaryl/α,β-unsaturated/α-hetero) is 1. The molecule has 0 radical (unpaired) electrons. The maximum Gasteiger partial charge on any atom is 0.410 e. The lowest BCUT2D eigenvalue weighted by atomic mass is 9.98. The van der Waals surface area contributed by atoms with Crippen LogP contribution in [0.15, 0.2) is 24.3 Å². The van der Waals surface area contributed by atoms with Crippen molar-refractivity contribution in [3.8, 4) is 5.75 Å². The van der Waals surface area contributed by atoms with Crippen LogP contribution in [0.4, 0.5) is 4.79 Å². The normalized spacial score (nSPS) is 17.8. The number of piperidine rings is 1. The summed E-state index contributed by atoms with van der Waals surface area (Å²) in [5.74, 6) is -0.764. The number of para-hydroxylation sites is 1. The Morgan fingerprint density at radius 1 is 1.16 bits per heavy atom. The topological polar surface area (TPSA) is 72.9 Å². The number of rotatable bonds is 3. The Labute approximate surface area is 148 Å². The van der Waals surface area contributed by atoms with Gasteiger partial charge in [-0.3, -0.25) is 9.59 Å². The largest absolute Gasteiger partial charge is 0.444 e. The molecular formula is C19H25NO5. The molecule has 6 nitrogen and oxygen atoms in total. The van der Waals surface area contributed by atoms with Crippen LogP contribution in [0.25, 0.3) is 0 Å². The molecule has 1 aliphatic rings. The van der Waals surface area contributed by atoms with Crippen LogP contribution < -0.4 is 4.74 Å². The van der Waals surface area contributed by atoms with Gasteiger partial charge in [0.1, 0.15) is 11.4 Å². The second kappa shape index (κ2) is 7.68. The van der Waals surface area contributed by atoms with E-state index >= 15 is 0 Å². The number of carbonyl (C=O) groups excluding carboxylic acids is 3. The van der Waals surface area contributed by atoms with Gasteiger partial charge in [0, 0.05) is 13.1 Å². The Morgan fingerprint density at radius 2 is 1.84 bits per heavy atom. The SMILES string of the molecule is CC(=O)c1ccccc1OC(=O)C1CCCN(C(=O)OC(C)(C)C)C1. The number of likely N-dealkylation sites (tertiary alicyclic amines) is 1. The zero-order valence-corrected chi connectivity index (χ0v) is 15.2. The zero-order chi connectivity index (χ0) is 18.6. The van der Waals surface area contributed by atoms with E-state index in [0.717, 1.165) is 0 Å². The summed E-state index contributed by atoms with van der Waals surface area (Å²) in [6, 6.07) is 6.66. The van der Waals surface area contributed by atoms with Gasteiger partial charge in [-0.25, -0.2) is 4.79 Å². The molecule has 0 saturated carbocycles. The molecule has 1 aliphatic heterocycles. The molecule has 136 valence electrons. The highest BCUT2D eigenvalue weighted by molar-refractivity contribution is 5.97. The van der Waals surface area contributed by atoms with E-state index in [2.05, 4.69) is 0 Å². The van der Waals surface area contributed by atoms with Crippen molar-refractivity contribution in [1.29, 1.82) is 0 Å². The highest BCUT2D eigenvalue weighted by atomic mass is 16.6. The van der Waals surface area contributed by atoms with Crippen LogP contribution in [0.1, 0.15) is 50.9 Å². The first-order valence-electron chi connectivity index (χ1n) is 8.47. The minimum absolute atomic E-state index is 0.164. The summed E-state index contributed by atoms with van der Waals surface area (Å²) in [5.41, 5.74) is -0.207. The van der Waals surface area contributed by atoms with Gasteiger partial charge in [0.2, 0.25) is 0 Å². The maximum absolute atomic E-state index is 12.5. The number of hydrogen-bond acceptors (Lipinski definition) is 5. The molecule has 1 heterocycles. The molecule has 0 aliphatic carbocycles. The first-order valence-corrected chi connectivity index (χ1v) is 8.47. The highest BCUT2D eigenvalue weighted by Gasteiger charge is 2.32. The highest BCUT2D eigenvalue weighted by Crippen LogP contribution is 2.24. The molecule has 1 saturated heterocycles. The fourth-order valence-corrected chi connectivity index (χ4v) is 2.70. The fraction of sp³-hybridized carbons (Fsp3) is 0.526. The first kappa shape index (κ1) is 19.0. The van der Waals surface area contributed by atoms with Gasteiger partial charge in [0.25, 0.3) is 0 Å². The molecule has 1 aromatic rings. The van der Waals surface area contributed by atoms with E-state index in [4.69, 9.17) is 9.47 Å². The Kier molecular flexibility index (Phi) is 5.82. The summed E-state index contributed by atoms with van der Waals surface area (Å²) in [7, 11) is 0. The van der Waals surface area contributed by atoms with Gasteiger partial charge >= 0.3 is 12.1 Å². The third kappa shape index (κ3) is 5.31. The fourth-order valence-electron chi connectivity index (χ4n) is 2.70. The summed E-state index contributed by atoms with van der Waals surface area (Å²) in [6.45, 7) is 7.66. The second-order valence-electron chi connectivity index (χ2n) is 7.24. The lowest BCUT2D eigenvalue weighted by Gasteiger charge is -2.33. The van der Waals surface area contributed by atoms with E-state index < -0.39 is 23.6 Å². The van der Waals surface area contributed by atoms with E-state index in [-0.39, 0.29) is 18.1 Å². The molecule has 1 amide bonds. The van der Waals surface area contributed by atoms with Crippen LogP contribution >= 0.6 is 0 Å². The average Bonchev–Trinajstić information content (AvgIpc) is 2.53. The molecule has 1 atom stereocenters. The molecule has 6 heteroatoms. The van der Waals surface area contributed by atoms with E-state index in [0.29, 0.717) is 24.9 Å².